The number of thioether (sulfide) groups is 1. The first-order chi connectivity index (χ1) is 15.5. The molecule has 1 N–H and O–H groups in total. The SMILES string of the molecule is CCn1c(SCC(=O)Nc2sc3c(c2C#N)CCCC3)nnc1-c1ccc(C(C)C)cc1. The predicted octanol–water partition coefficient (Wildman–Crippen LogP) is 5.63. The van der Waals surface area contributed by atoms with E-state index in [4.69, 9.17) is 0 Å². The molecule has 166 valence electrons. The summed E-state index contributed by atoms with van der Waals surface area (Å²) in [5, 5.41) is 22.7. The number of nitrogens with one attached hydrogen (secondary N) is 1. The maximum absolute atomic E-state index is 12.7. The molecule has 1 aromatic carbocycles. The van der Waals surface area contributed by atoms with E-state index in [1.54, 1.807) is 11.3 Å². The van der Waals surface area contributed by atoms with Crippen molar-refractivity contribution in [2.45, 2.75) is 64.1 Å². The molecule has 0 saturated heterocycles. The van der Waals surface area contributed by atoms with Crippen LogP contribution in [-0.2, 0) is 24.2 Å². The quantitative estimate of drug-likeness (QED) is 0.457. The number of benzene rings is 1. The molecule has 2 aromatic heterocycles. The summed E-state index contributed by atoms with van der Waals surface area (Å²) in [6.45, 7) is 7.12. The molecule has 0 saturated carbocycles. The molecular formula is C24H27N5OS2. The number of nitrogens with zero attached hydrogens (tertiary/aromatic N) is 4. The molecule has 0 atom stereocenters. The summed E-state index contributed by atoms with van der Waals surface area (Å²) < 4.78 is 2.03. The average Bonchev–Trinajstić information content (AvgIpc) is 3.37. The van der Waals surface area contributed by atoms with Gasteiger partial charge in [0.05, 0.1) is 11.3 Å². The van der Waals surface area contributed by atoms with Crippen LogP contribution in [-0.4, -0.2) is 26.4 Å². The number of hydrogen-bond donors (Lipinski definition) is 1. The zero-order valence-corrected chi connectivity index (χ0v) is 20.3. The summed E-state index contributed by atoms with van der Waals surface area (Å²) in [6.07, 6.45) is 4.19. The Bertz CT molecular complexity index is 1150. The van der Waals surface area contributed by atoms with Gasteiger partial charge in [-0.05, 0) is 49.7 Å². The maximum atomic E-state index is 12.7. The molecule has 0 aliphatic heterocycles. The third kappa shape index (κ3) is 4.59. The van der Waals surface area contributed by atoms with Crippen LogP contribution in [0, 0.1) is 11.3 Å². The number of amides is 1. The van der Waals surface area contributed by atoms with Crippen molar-refractivity contribution in [3.05, 3.63) is 45.8 Å². The van der Waals surface area contributed by atoms with Gasteiger partial charge in [-0.2, -0.15) is 5.26 Å². The minimum absolute atomic E-state index is 0.126. The van der Waals surface area contributed by atoms with Crippen molar-refractivity contribution in [2.24, 2.45) is 0 Å². The Hall–Kier alpha value is -2.63. The van der Waals surface area contributed by atoms with Crippen molar-refractivity contribution >= 4 is 34.0 Å². The molecule has 6 nitrogen and oxygen atoms in total. The number of thiophene rings is 1. The van der Waals surface area contributed by atoms with Gasteiger partial charge in [0.25, 0.3) is 0 Å². The molecule has 4 rings (SSSR count). The summed E-state index contributed by atoms with van der Waals surface area (Å²) >= 11 is 2.92. The van der Waals surface area contributed by atoms with Crippen molar-refractivity contribution in [1.82, 2.24) is 14.8 Å². The first-order valence-corrected chi connectivity index (χ1v) is 12.8. The standard InChI is InChI=1S/C24H27N5OS2/c1-4-29-22(17-11-9-16(10-12-17)15(2)3)27-28-24(29)31-14-21(30)26-23-19(13-25)18-7-5-6-8-20(18)32-23/h9-12,15H,4-8,14H2,1-3H3,(H,26,30). The number of carbonyl (C=O) groups is 1. The highest BCUT2D eigenvalue weighted by Gasteiger charge is 2.22. The lowest BCUT2D eigenvalue weighted by atomic mass is 9.96. The van der Waals surface area contributed by atoms with Gasteiger partial charge in [0, 0.05) is 17.0 Å². The van der Waals surface area contributed by atoms with Crippen LogP contribution in [0.4, 0.5) is 5.00 Å². The van der Waals surface area contributed by atoms with E-state index in [2.05, 4.69) is 66.6 Å². The number of fused-ring (bicyclic) bond motifs is 1. The molecule has 0 fully saturated rings. The minimum Gasteiger partial charge on any atom is -0.316 e. The highest BCUT2D eigenvalue weighted by Crippen LogP contribution is 2.37. The molecule has 1 aliphatic carbocycles. The van der Waals surface area contributed by atoms with E-state index < -0.39 is 0 Å². The summed E-state index contributed by atoms with van der Waals surface area (Å²) in [4.78, 5) is 13.9. The fourth-order valence-corrected chi connectivity index (χ4v) is 6.03. The van der Waals surface area contributed by atoms with E-state index in [9.17, 15) is 10.1 Å². The van der Waals surface area contributed by atoms with Crippen LogP contribution in [0.25, 0.3) is 11.4 Å². The van der Waals surface area contributed by atoms with Crippen LogP contribution in [0.3, 0.4) is 0 Å². The molecule has 0 bridgehead atoms. The molecule has 0 spiro atoms. The summed E-state index contributed by atoms with van der Waals surface area (Å²) in [7, 11) is 0. The van der Waals surface area contributed by atoms with Crippen LogP contribution in [0.2, 0.25) is 0 Å². The van der Waals surface area contributed by atoms with Crippen LogP contribution < -0.4 is 5.32 Å². The Morgan fingerprint density at radius 2 is 2.00 bits per heavy atom. The summed E-state index contributed by atoms with van der Waals surface area (Å²) in [5.41, 5.74) is 4.08. The Labute approximate surface area is 197 Å². The molecule has 2 heterocycles. The van der Waals surface area contributed by atoms with Gasteiger partial charge in [0.1, 0.15) is 11.1 Å². The van der Waals surface area contributed by atoms with E-state index in [0.717, 1.165) is 47.8 Å². The topological polar surface area (TPSA) is 83.6 Å². The number of anilines is 1. The number of nitriles is 1. The zero-order chi connectivity index (χ0) is 22.7. The first kappa shape index (κ1) is 22.6. The number of rotatable bonds is 7. The lowest BCUT2D eigenvalue weighted by molar-refractivity contribution is -0.113. The van der Waals surface area contributed by atoms with E-state index >= 15 is 0 Å². The average molecular weight is 466 g/mol. The highest BCUT2D eigenvalue weighted by molar-refractivity contribution is 7.99. The van der Waals surface area contributed by atoms with Crippen molar-refractivity contribution < 1.29 is 4.79 Å². The fraction of sp³-hybridized carbons (Fsp3) is 0.417. The normalized spacial score (nSPS) is 13.1. The van der Waals surface area contributed by atoms with Crippen molar-refractivity contribution in [2.75, 3.05) is 11.1 Å². The predicted molar refractivity (Wildman–Crippen MR) is 130 cm³/mol. The Balaban J connectivity index is 1.45. The molecule has 0 unspecified atom stereocenters. The minimum atomic E-state index is -0.126. The molecular weight excluding hydrogens is 438 g/mol. The second-order valence-electron chi connectivity index (χ2n) is 8.19. The van der Waals surface area contributed by atoms with Crippen LogP contribution in [0.1, 0.15) is 61.1 Å². The lowest BCUT2D eigenvalue weighted by Crippen LogP contribution is -2.14. The molecule has 32 heavy (non-hydrogen) atoms. The van der Waals surface area contributed by atoms with Crippen molar-refractivity contribution in [3.63, 3.8) is 0 Å². The van der Waals surface area contributed by atoms with E-state index in [0.29, 0.717) is 23.0 Å². The molecule has 1 aliphatic rings. The van der Waals surface area contributed by atoms with Crippen molar-refractivity contribution in [3.8, 4) is 17.5 Å². The third-order valence-corrected chi connectivity index (χ3v) is 7.91. The second-order valence-corrected chi connectivity index (χ2v) is 10.2. The van der Waals surface area contributed by atoms with Gasteiger partial charge < -0.3 is 9.88 Å². The lowest BCUT2D eigenvalue weighted by Gasteiger charge is -2.09. The van der Waals surface area contributed by atoms with Gasteiger partial charge in [-0.3, -0.25) is 4.79 Å². The first-order valence-electron chi connectivity index (χ1n) is 11.0. The number of hydrogen-bond acceptors (Lipinski definition) is 6. The number of aryl methyl sites for hydroxylation is 1. The monoisotopic (exact) mass is 465 g/mol. The van der Waals surface area contributed by atoms with Gasteiger partial charge in [0.2, 0.25) is 5.91 Å². The fourth-order valence-electron chi connectivity index (χ4n) is 3.98. The van der Waals surface area contributed by atoms with E-state index in [1.807, 2.05) is 4.57 Å². The van der Waals surface area contributed by atoms with Gasteiger partial charge in [-0.1, -0.05) is 49.9 Å². The largest absolute Gasteiger partial charge is 0.316 e. The van der Waals surface area contributed by atoms with E-state index in [1.165, 1.54) is 22.2 Å². The molecule has 0 radical (unpaired) electrons. The summed E-state index contributed by atoms with van der Waals surface area (Å²) in [5.74, 6) is 1.38. The van der Waals surface area contributed by atoms with Crippen LogP contribution in [0.5, 0.6) is 0 Å². The number of carbonyl (C=O) groups excluding carboxylic acids is 1. The Kier molecular flexibility index (Phi) is 6.97. The van der Waals surface area contributed by atoms with Gasteiger partial charge >= 0.3 is 0 Å². The zero-order valence-electron chi connectivity index (χ0n) is 18.6. The second kappa shape index (κ2) is 9.88. The van der Waals surface area contributed by atoms with Gasteiger partial charge in [-0.15, -0.1) is 21.5 Å². The molecule has 3 aromatic rings. The van der Waals surface area contributed by atoms with Crippen LogP contribution >= 0.6 is 23.1 Å². The molecule has 8 heteroatoms. The molecule has 1 amide bonds. The number of aromatic nitrogens is 3. The van der Waals surface area contributed by atoms with Gasteiger partial charge in [-0.25, -0.2) is 0 Å². The van der Waals surface area contributed by atoms with Crippen LogP contribution in [0.15, 0.2) is 29.4 Å². The van der Waals surface area contributed by atoms with Crippen molar-refractivity contribution in [1.29, 1.82) is 5.26 Å². The highest BCUT2D eigenvalue weighted by atomic mass is 32.2. The van der Waals surface area contributed by atoms with Gasteiger partial charge in [0.15, 0.2) is 11.0 Å². The Morgan fingerprint density at radius 3 is 2.69 bits per heavy atom. The Morgan fingerprint density at radius 1 is 1.25 bits per heavy atom. The van der Waals surface area contributed by atoms with E-state index in [-0.39, 0.29) is 11.7 Å². The summed E-state index contributed by atoms with van der Waals surface area (Å²) in [6, 6.07) is 10.7. The smallest absolute Gasteiger partial charge is 0.235 e. The third-order valence-electron chi connectivity index (χ3n) is 5.74. The maximum Gasteiger partial charge on any atom is 0.235 e.